The Morgan fingerprint density at radius 1 is 1.03 bits per heavy atom. The zero-order valence-electron chi connectivity index (χ0n) is 17.7. The van der Waals surface area contributed by atoms with E-state index in [2.05, 4.69) is 14.9 Å². The maximum atomic E-state index is 12.8. The fourth-order valence-electron chi connectivity index (χ4n) is 3.80. The number of halogens is 3. The van der Waals surface area contributed by atoms with E-state index in [-0.39, 0.29) is 0 Å². The lowest BCUT2D eigenvalue weighted by Gasteiger charge is -2.23. The summed E-state index contributed by atoms with van der Waals surface area (Å²) in [6, 6.07) is 6.35. The lowest BCUT2D eigenvalue weighted by molar-refractivity contribution is -0.137. The lowest BCUT2D eigenvalue weighted by atomic mass is 10.2. The highest BCUT2D eigenvalue weighted by Crippen LogP contribution is 2.29. The van der Waals surface area contributed by atoms with Crippen LogP contribution < -0.4 is 4.90 Å². The van der Waals surface area contributed by atoms with Gasteiger partial charge in [-0.1, -0.05) is 0 Å². The summed E-state index contributed by atoms with van der Waals surface area (Å²) in [6.45, 7) is 6.26. The molecule has 4 rings (SSSR count). The van der Waals surface area contributed by atoms with Crippen LogP contribution in [0.15, 0.2) is 42.9 Å². The molecule has 1 saturated heterocycles. The fourth-order valence-corrected chi connectivity index (χ4v) is 4.12. The predicted molar refractivity (Wildman–Crippen MR) is 118 cm³/mol. The van der Waals surface area contributed by atoms with E-state index in [0.717, 1.165) is 49.7 Å². The van der Waals surface area contributed by atoms with Crippen molar-refractivity contribution < 1.29 is 13.2 Å². The Bertz CT molecular complexity index is 1090. The second-order valence-corrected chi connectivity index (χ2v) is 7.95. The summed E-state index contributed by atoms with van der Waals surface area (Å²) in [5.74, 6) is 1.37. The summed E-state index contributed by atoms with van der Waals surface area (Å²) < 4.78 is 42.9. The first-order valence-electron chi connectivity index (χ1n) is 10.5. The van der Waals surface area contributed by atoms with Crippen LogP contribution in [0, 0.1) is 4.77 Å². The summed E-state index contributed by atoms with van der Waals surface area (Å²) >= 11 is 5.67. The van der Waals surface area contributed by atoms with Crippen LogP contribution >= 0.6 is 12.2 Å². The highest BCUT2D eigenvalue weighted by molar-refractivity contribution is 7.71. The molecule has 7 nitrogen and oxygen atoms in total. The van der Waals surface area contributed by atoms with Crippen molar-refractivity contribution in [2.75, 3.05) is 31.1 Å². The van der Waals surface area contributed by atoms with E-state index in [9.17, 15) is 13.2 Å². The normalized spacial score (nSPS) is 15.7. The zero-order valence-corrected chi connectivity index (χ0v) is 18.5. The first kappa shape index (κ1) is 22.4. The molecule has 0 unspecified atom stereocenters. The van der Waals surface area contributed by atoms with Crippen LogP contribution in [0.5, 0.6) is 0 Å². The van der Waals surface area contributed by atoms with E-state index in [4.69, 9.17) is 17.3 Å². The van der Waals surface area contributed by atoms with Gasteiger partial charge in [0.25, 0.3) is 0 Å². The van der Waals surface area contributed by atoms with Crippen LogP contribution in [-0.2, 0) is 19.4 Å². The van der Waals surface area contributed by atoms with Gasteiger partial charge in [-0.05, 0) is 49.8 Å². The van der Waals surface area contributed by atoms with Crippen molar-refractivity contribution in [1.82, 2.24) is 29.2 Å². The largest absolute Gasteiger partial charge is 0.417 e. The van der Waals surface area contributed by atoms with Gasteiger partial charge in [-0.2, -0.15) is 18.3 Å². The third kappa shape index (κ3) is 4.83. The van der Waals surface area contributed by atoms with Crippen LogP contribution in [0.1, 0.15) is 18.9 Å². The topological polar surface area (TPSA) is 55.0 Å². The summed E-state index contributed by atoms with van der Waals surface area (Å²) in [5, 5.41) is 4.76. The number of anilines is 1. The van der Waals surface area contributed by atoms with E-state index in [0.29, 0.717) is 30.3 Å². The molecule has 0 N–H and O–H groups in total. The standard InChI is InChI=1S/C21H24F3N7S/c1-2-30-19(16-6-8-25-9-7-16)27-31(20(30)32)15-28-10-3-11-29(13-12-28)18-5-4-17(14-26-18)21(22,23)24/h4-9,14H,2-3,10-13,15H2,1H3. The molecule has 0 amide bonds. The smallest absolute Gasteiger partial charge is 0.355 e. The molecule has 0 atom stereocenters. The monoisotopic (exact) mass is 463 g/mol. The van der Waals surface area contributed by atoms with Gasteiger partial charge in [0.05, 0.1) is 12.2 Å². The van der Waals surface area contributed by atoms with E-state index in [1.807, 2.05) is 33.2 Å². The summed E-state index contributed by atoms with van der Waals surface area (Å²) in [4.78, 5) is 12.4. The third-order valence-electron chi connectivity index (χ3n) is 5.50. The molecule has 0 radical (unpaired) electrons. The molecule has 1 aliphatic rings. The van der Waals surface area contributed by atoms with Crippen molar-refractivity contribution in [2.24, 2.45) is 0 Å². The molecular formula is C21H24F3N7S. The number of pyridine rings is 2. The number of nitrogens with zero attached hydrogens (tertiary/aromatic N) is 7. The molecule has 0 aromatic carbocycles. The quantitative estimate of drug-likeness (QED) is 0.532. The van der Waals surface area contributed by atoms with Crippen molar-refractivity contribution in [2.45, 2.75) is 32.7 Å². The van der Waals surface area contributed by atoms with Crippen molar-refractivity contribution in [1.29, 1.82) is 0 Å². The number of hydrogen-bond acceptors (Lipinski definition) is 6. The van der Waals surface area contributed by atoms with Gasteiger partial charge in [0.1, 0.15) is 5.82 Å². The molecule has 0 saturated carbocycles. The fraction of sp³-hybridized carbons (Fsp3) is 0.429. The molecule has 0 aliphatic carbocycles. The van der Waals surface area contributed by atoms with E-state index < -0.39 is 11.7 Å². The first-order chi connectivity index (χ1) is 15.4. The van der Waals surface area contributed by atoms with Crippen molar-refractivity contribution in [3.8, 4) is 11.4 Å². The van der Waals surface area contributed by atoms with Crippen LogP contribution in [-0.4, -0.2) is 55.4 Å². The van der Waals surface area contributed by atoms with Crippen molar-refractivity contribution >= 4 is 18.0 Å². The Labute approximate surface area is 189 Å². The zero-order chi connectivity index (χ0) is 22.7. The molecular weight excluding hydrogens is 439 g/mol. The van der Waals surface area contributed by atoms with Crippen molar-refractivity contribution in [3.05, 3.63) is 53.2 Å². The Kier molecular flexibility index (Phi) is 6.56. The molecule has 0 bridgehead atoms. The van der Waals surface area contributed by atoms with E-state index in [1.165, 1.54) is 6.07 Å². The molecule has 3 aromatic rings. The Balaban J connectivity index is 1.46. The van der Waals surface area contributed by atoms with Crippen LogP contribution in [0.3, 0.4) is 0 Å². The second kappa shape index (κ2) is 9.37. The number of hydrogen-bond donors (Lipinski definition) is 0. The van der Waals surface area contributed by atoms with E-state index >= 15 is 0 Å². The highest BCUT2D eigenvalue weighted by Gasteiger charge is 2.31. The average Bonchev–Trinajstić information content (AvgIpc) is 2.94. The molecule has 11 heteroatoms. The molecule has 170 valence electrons. The summed E-state index contributed by atoms with van der Waals surface area (Å²) in [7, 11) is 0. The highest BCUT2D eigenvalue weighted by atomic mass is 32.1. The molecule has 1 aliphatic heterocycles. The minimum absolute atomic E-state index is 0.554. The van der Waals surface area contributed by atoms with Gasteiger partial charge in [0, 0.05) is 56.9 Å². The second-order valence-electron chi connectivity index (χ2n) is 7.59. The van der Waals surface area contributed by atoms with Crippen LogP contribution in [0.25, 0.3) is 11.4 Å². The Morgan fingerprint density at radius 2 is 1.81 bits per heavy atom. The molecule has 4 heterocycles. The van der Waals surface area contributed by atoms with Crippen molar-refractivity contribution in [3.63, 3.8) is 0 Å². The maximum absolute atomic E-state index is 12.8. The Morgan fingerprint density at radius 3 is 2.47 bits per heavy atom. The van der Waals surface area contributed by atoms with Gasteiger partial charge in [0.15, 0.2) is 10.6 Å². The molecule has 0 spiro atoms. The number of aromatic nitrogens is 5. The van der Waals surface area contributed by atoms with E-state index in [1.54, 1.807) is 12.4 Å². The van der Waals surface area contributed by atoms with Gasteiger partial charge in [-0.25, -0.2) is 9.67 Å². The number of alkyl halides is 3. The lowest BCUT2D eigenvalue weighted by Crippen LogP contribution is -2.32. The maximum Gasteiger partial charge on any atom is 0.417 e. The predicted octanol–water partition coefficient (Wildman–Crippen LogP) is 4.08. The summed E-state index contributed by atoms with van der Waals surface area (Å²) in [5.41, 5.74) is 0.228. The van der Waals surface area contributed by atoms with Gasteiger partial charge in [-0.3, -0.25) is 9.88 Å². The van der Waals surface area contributed by atoms with Crippen LogP contribution in [0.4, 0.5) is 19.0 Å². The Hall–Kier alpha value is -2.79. The van der Waals surface area contributed by atoms with Gasteiger partial charge < -0.3 is 9.47 Å². The minimum atomic E-state index is -4.38. The molecule has 1 fully saturated rings. The number of rotatable bonds is 5. The summed E-state index contributed by atoms with van der Waals surface area (Å²) in [6.07, 6.45) is 0.848. The van der Waals surface area contributed by atoms with Crippen LogP contribution in [0.2, 0.25) is 0 Å². The average molecular weight is 464 g/mol. The first-order valence-corrected chi connectivity index (χ1v) is 10.9. The van der Waals surface area contributed by atoms with Gasteiger partial charge in [0.2, 0.25) is 0 Å². The SMILES string of the molecule is CCn1c(-c2ccncc2)nn(CN2CCCN(c3ccc(C(F)(F)F)cn3)CC2)c1=S. The molecule has 32 heavy (non-hydrogen) atoms. The minimum Gasteiger partial charge on any atom is -0.355 e. The van der Waals surface area contributed by atoms with Gasteiger partial charge in [-0.15, -0.1) is 0 Å². The molecule has 3 aromatic heterocycles. The van der Waals surface area contributed by atoms with Gasteiger partial charge >= 0.3 is 6.18 Å². The third-order valence-corrected chi connectivity index (χ3v) is 5.93.